The summed E-state index contributed by atoms with van der Waals surface area (Å²) < 4.78 is 5.37. The number of rotatable bonds is 1. The fourth-order valence-electron chi connectivity index (χ4n) is 2.56. The summed E-state index contributed by atoms with van der Waals surface area (Å²) >= 11 is 6.15. The lowest BCUT2D eigenvalue weighted by Gasteiger charge is -2.39. The summed E-state index contributed by atoms with van der Waals surface area (Å²) in [6, 6.07) is 5.64. The third kappa shape index (κ3) is 3.93. The van der Waals surface area contributed by atoms with Gasteiger partial charge in [-0.25, -0.2) is 4.79 Å². The number of benzene rings is 1. The first kappa shape index (κ1) is 17.1. The van der Waals surface area contributed by atoms with Crippen molar-refractivity contribution in [2.45, 2.75) is 51.7 Å². The lowest BCUT2D eigenvalue weighted by atomic mass is 9.84. The van der Waals surface area contributed by atoms with Gasteiger partial charge in [-0.2, -0.15) is 0 Å². The lowest BCUT2D eigenvalue weighted by Crippen LogP contribution is -2.46. The second-order valence-electron chi connectivity index (χ2n) is 6.96. The highest BCUT2D eigenvalue weighted by molar-refractivity contribution is 6.31. The Balaban J connectivity index is 2.04. The first-order valence-corrected chi connectivity index (χ1v) is 7.95. The van der Waals surface area contributed by atoms with Crippen LogP contribution in [0.4, 0.5) is 4.79 Å². The minimum Gasteiger partial charge on any atom is -0.444 e. The fourth-order valence-corrected chi connectivity index (χ4v) is 2.74. The van der Waals surface area contributed by atoms with Crippen molar-refractivity contribution in [1.29, 1.82) is 0 Å². The fraction of sp³-hybridized carbons (Fsp3) is 0.588. The van der Waals surface area contributed by atoms with Gasteiger partial charge in [0.2, 0.25) is 0 Å². The van der Waals surface area contributed by atoms with E-state index in [9.17, 15) is 9.90 Å². The molecule has 1 aromatic carbocycles. The summed E-state index contributed by atoms with van der Waals surface area (Å²) in [7, 11) is 0. The van der Waals surface area contributed by atoms with Crippen molar-refractivity contribution in [2.24, 2.45) is 0 Å². The molecule has 122 valence electrons. The zero-order chi connectivity index (χ0) is 16.5. The van der Waals surface area contributed by atoms with E-state index in [0.717, 1.165) is 11.1 Å². The molecule has 1 aliphatic heterocycles. The molecule has 1 heterocycles. The average molecular weight is 326 g/mol. The van der Waals surface area contributed by atoms with Crippen molar-refractivity contribution in [1.82, 2.24) is 4.90 Å². The van der Waals surface area contributed by atoms with Crippen LogP contribution in [-0.4, -0.2) is 34.8 Å². The number of hydrogen-bond donors (Lipinski definition) is 1. The number of halogens is 1. The number of ether oxygens (including phenoxy) is 1. The third-order valence-electron chi connectivity index (χ3n) is 3.95. The van der Waals surface area contributed by atoms with Crippen molar-refractivity contribution in [3.05, 3.63) is 34.3 Å². The van der Waals surface area contributed by atoms with Crippen molar-refractivity contribution in [3.63, 3.8) is 0 Å². The van der Waals surface area contributed by atoms with E-state index in [4.69, 9.17) is 16.3 Å². The number of piperidine rings is 1. The molecule has 1 saturated heterocycles. The second-order valence-corrected chi connectivity index (χ2v) is 7.37. The smallest absolute Gasteiger partial charge is 0.410 e. The maximum Gasteiger partial charge on any atom is 0.410 e. The van der Waals surface area contributed by atoms with E-state index in [1.807, 2.05) is 45.9 Å². The van der Waals surface area contributed by atoms with Gasteiger partial charge in [-0.3, -0.25) is 0 Å². The average Bonchev–Trinajstić information content (AvgIpc) is 2.40. The first-order valence-electron chi connectivity index (χ1n) is 7.58. The number of carbonyl (C=O) groups excluding carboxylic acids is 1. The molecule has 0 radical (unpaired) electrons. The number of amides is 1. The van der Waals surface area contributed by atoms with Crippen LogP contribution in [0, 0.1) is 6.92 Å². The van der Waals surface area contributed by atoms with Gasteiger partial charge in [-0.05, 0) is 57.7 Å². The van der Waals surface area contributed by atoms with Crippen LogP contribution in [0.25, 0.3) is 0 Å². The summed E-state index contributed by atoms with van der Waals surface area (Å²) in [5.74, 6) is 0. The highest BCUT2D eigenvalue weighted by Gasteiger charge is 2.36. The minimum atomic E-state index is -0.935. The van der Waals surface area contributed by atoms with Crippen molar-refractivity contribution < 1.29 is 14.6 Å². The highest BCUT2D eigenvalue weighted by Crippen LogP contribution is 2.35. The molecule has 4 nitrogen and oxygen atoms in total. The highest BCUT2D eigenvalue weighted by atomic mass is 35.5. The van der Waals surface area contributed by atoms with Crippen LogP contribution in [0.1, 0.15) is 44.7 Å². The van der Waals surface area contributed by atoms with E-state index in [1.54, 1.807) is 4.90 Å². The van der Waals surface area contributed by atoms with E-state index in [1.165, 1.54) is 0 Å². The van der Waals surface area contributed by atoms with Crippen molar-refractivity contribution in [2.75, 3.05) is 13.1 Å². The molecule has 5 heteroatoms. The molecule has 2 rings (SSSR count). The zero-order valence-corrected chi connectivity index (χ0v) is 14.4. The minimum absolute atomic E-state index is 0.323. The Morgan fingerprint density at radius 1 is 1.32 bits per heavy atom. The molecule has 1 amide bonds. The van der Waals surface area contributed by atoms with Gasteiger partial charge in [0.25, 0.3) is 0 Å². The Hall–Kier alpha value is -1.26. The Labute approximate surface area is 137 Å². The molecule has 0 spiro atoms. The van der Waals surface area contributed by atoms with Gasteiger partial charge < -0.3 is 14.7 Å². The first-order chi connectivity index (χ1) is 10.1. The van der Waals surface area contributed by atoms with Crippen LogP contribution in [-0.2, 0) is 10.3 Å². The summed E-state index contributed by atoms with van der Waals surface area (Å²) in [6.07, 6.45) is 0.633. The molecule has 1 fully saturated rings. The monoisotopic (exact) mass is 325 g/mol. The van der Waals surface area contributed by atoms with Crippen LogP contribution in [0.5, 0.6) is 0 Å². The van der Waals surface area contributed by atoms with Gasteiger partial charge in [0.1, 0.15) is 5.60 Å². The standard InChI is InChI=1S/C17H24ClNO3/c1-12-5-6-13(11-14(12)18)17(21)7-9-19(10-8-17)15(20)22-16(2,3)4/h5-6,11,21H,7-10H2,1-4H3. The Kier molecular flexibility index (Phi) is 4.73. The molecule has 1 aliphatic rings. The largest absolute Gasteiger partial charge is 0.444 e. The molecule has 0 aliphatic carbocycles. The predicted molar refractivity (Wildman–Crippen MR) is 87.1 cm³/mol. The van der Waals surface area contributed by atoms with Gasteiger partial charge >= 0.3 is 6.09 Å². The number of carbonyl (C=O) groups is 1. The summed E-state index contributed by atoms with van der Waals surface area (Å²) in [6.45, 7) is 8.41. The van der Waals surface area contributed by atoms with Gasteiger partial charge in [-0.1, -0.05) is 23.7 Å². The number of hydrogen-bond acceptors (Lipinski definition) is 3. The molecular weight excluding hydrogens is 302 g/mol. The molecule has 22 heavy (non-hydrogen) atoms. The van der Waals surface area contributed by atoms with E-state index >= 15 is 0 Å². The number of likely N-dealkylation sites (tertiary alicyclic amines) is 1. The Morgan fingerprint density at radius 3 is 2.41 bits per heavy atom. The van der Waals surface area contributed by atoms with Gasteiger partial charge in [0.15, 0.2) is 0 Å². The van der Waals surface area contributed by atoms with Crippen LogP contribution in [0.2, 0.25) is 5.02 Å². The SMILES string of the molecule is Cc1ccc(C2(O)CCN(C(=O)OC(C)(C)C)CC2)cc1Cl. The molecule has 0 saturated carbocycles. The van der Waals surface area contributed by atoms with E-state index in [2.05, 4.69) is 0 Å². The van der Waals surface area contributed by atoms with Crippen molar-refractivity contribution >= 4 is 17.7 Å². The maximum absolute atomic E-state index is 12.1. The molecule has 1 aromatic rings. The van der Waals surface area contributed by atoms with Crippen molar-refractivity contribution in [3.8, 4) is 0 Å². The number of nitrogens with zero attached hydrogens (tertiary/aromatic N) is 1. The van der Waals surface area contributed by atoms with Crippen LogP contribution in [0.3, 0.4) is 0 Å². The van der Waals surface area contributed by atoms with Crippen LogP contribution in [0.15, 0.2) is 18.2 Å². The van der Waals surface area contributed by atoms with Crippen LogP contribution < -0.4 is 0 Å². The quantitative estimate of drug-likeness (QED) is 0.852. The van der Waals surface area contributed by atoms with Gasteiger partial charge in [0, 0.05) is 18.1 Å². The summed E-state index contributed by atoms with van der Waals surface area (Å²) in [5.41, 5.74) is 0.359. The molecule has 1 N–H and O–H groups in total. The molecular formula is C17H24ClNO3. The van der Waals surface area contributed by atoms with Gasteiger partial charge in [0.05, 0.1) is 5.60 Å². The van der Waals surface area contributed by atoms with Crippen LogP contribution >= 0.6 is 11.6 Å². The molecule has 0 aromatic heterocycles. The Bertz CT molecular complexity index is 558. The molecule has 0 bridgehead atoms. The summed E-state index contributed by atoms with van der Waals surface area (Å²) in [4.78, 5) is 13.7. The lowest BCUT2D eigenvalue weighted by molar-refractivity contribution is -0.0356. The normalized spacial score (nSPS) is 18.2. The third-order valence-corrected chi connectivity index (χ3v) is 4.36. The second kappa shape index (κ2) is 6.09. The number of aliphatic hydroxyl groups is 1. The zero-order valence-electron chi connectivity index (χ0n) is 13.6. The maximum atomic E-state index is 12.1. The summed E-state index contributed by atoms with van der Waals surface area (Å²) in [5, 5.41) is 11.5. The topological polar surface area (TPSA) is 49.8 Å². The molecule has 0 atom stereocenters. The molecule has 0 unspecified atom stereocenters. The number of aryl methyl sites for hydroxylation is 1. The predicted octanol–water partition coefficient (Wildman–Crippen LogP) is 3.87. The Morgan fingerprint density at radius 2 is 1.91 bits per heavy atom. The van der Waals surface area contributed by atoms with E-state index in [-0.39, 0.29) is 6.09 Å². The van der Waals surface area contributed by atoms with E-state index < -0.39 is 11.2 Å². The van der Waals surface area contributed by atoms with Gasteiger partial charge in [-0.15, -0.1) is 0 Å². The van der Waals surface area contributed by atoms with E-state index in [0.29, 0.717) is 31.0 Å².